The van der Waals surface area contributed by atoms with E-state index in [0.29, 0.717) is 5.52 Å². The van der Waals surface area contributed by atoms with Gasteiger partial charge >= 0.3 is 5.97 Å². The molecule has 0 radical (unpaired) electrons. The summed E-state index contributed by atoms with van der Waals surface area (Å²) in [5.41, 5.74) is 1.71. The van der Waals surface area contributed by atoms with E-state index in [-0.39, 0.29) is 11.6 Å². The molecule has 112 valence electrons. The summed E-state index contributed by atoms with van der Waals surface area (Å²) in [6, 6.07) is 5.09. The number of carboxylic acid groups (broad SMARTS) is 1. The number of benzene rings is 1. The second-order valence-electron chi connectivity index (χ2n) is 5.30. The van der Waals surface area contributed by atoms with Crippen LogP contribution in [0.15, 0.2) is 18.2 Å². The van der Waals surface area contributed by atoms with Crippen molar-refractivity contribution in [1.29, 1.82) is 0 Å². The van der Waals surface area contributed by atoms with Crippen molar-refractivity contribution in [1.82, 2.24) is 19.9 Å². The first kappa shape index (κ1) is 14.0. The first-order valence-electron chi connectivity index (χ1n) is 7.03. The predicted octanol–water partition coefficient (Wildman–Crippen LogP) is 1.02. The minimum atomic E-state index is -0.951. The van der Waals surface area contributed by atoms with Gasteiger partial charge in [-0.25, -0.2) is 9.48 Å². The molecule has 0 amide bonds. The monoisotopic (exact) mass is 290 g/mol. The molecule has 1 aromatic carbocycles. The number of aromatic carboxylic acids is 1. The van der Waals surface area contributed by atoms with Gasteiger partial charge in [0.05, 0.1) is 30.3 Å². The van der Waals surface area contributed by atoms with Crippen LogP contribution in [0.1, 0.15) is 23.3 Å². The van der Waals surface area contributed by atoms with Gasteiger partial charge in [0.25, 0.3) is 0 Å². The van der Waals surface area contributed by atoms with E-state index in [1.807, 2.05) is 4.68 Å². The number of carbonyl (C=O) groups is 1. The van der Waals surface area contributed by atoms with Gasteiger partial charge in [0, 0.05) is 19.6 Å². The molecular weight excluding hydrogens is 272 g/mol. The minimum absolute atomic E-state index is 0.170. The van der Waals surface area contributed by atoms with E-state index in [4.69, 9.17) is 9.84 Å². The molecule has 7 nitrogen and oxygen atoms in total. The van der Waals surface area contributed by atoms with E-state index in [9.17, 15) is 4.79 Å². The highest BCUT2D eigenvalue weighted by atomic mass is 16.5. The summed E-state index contributed by atoms with van der Waals surface area (Å²) >= 11 is 0. The van der Waals surface area contributed by atoms with Crippen molar-refractivity contribution in [3.63, 3.8) is 0 Å². The van der Waals surface area contributed by atoms with Crippen molar-refractivity contribution in [2.24, 2.45) is 0 Å². The summed E-state index contributed by atoms with van der Waals surface area (Å²) < 4.78 is 7.20. The summed E-state index contributed by atoms with van der Waals surface area (Å²) in [6.07, 6.45) is 0. The Morgan fingerprint density at radius 2 is 2.19 bits per heavy atom. The Morgan fingerprint density at radius 3 is 2.90 bits per heavy atom. The third kappa shape index (κ3) is 2.88. The topological polar surface area (TPSA) is 80.5 Å². The summed E-state index contributed by atoms with van der Waals surface area (Å²) in [6.45, 7) is 6.37. The first-order chi connectivity index (χ1) is 10.1. The molecule has 1 aliphatic rings. The van der Waals surface area contributed by atoms with Crippen LogP contribution < -0.4 is 0 Å². The van der Waals surface area contributed by atoms with Crippen molar-refractivity contribution in [3.05, 3.63) is 23.8 Å². The van der Waals surface area contributed by atoms with Gasteiger partial charge in [-0.1, -0.05) is 5.21 Å². The predicted molar refractivity (Wildman–Crippen MR) is 76.5 cm³/mol. The molecule has 1 atom stereocenters. The molecule has 1 aliphatic heterocycles. The van der Waals surface area contributed by atoms with Gasteiger partial charge in [-0.2, -0.15) is 0 Å². The SMILES string of the molecule is CC(CN1CCOCC1)n1nnc2cc(C(=O)O)ccc21. The molecule has 1 saturated heterocycles. The Hall–Kier alpha value is -1.99. The van der Waals surface area contributed by atoms with Crippen LogP contribution in [0.2, 0.25) is 0 Å². The number of hydrogen-bond donors (Lipinski definition) is 1. The van der Waals surface area contributed by atoms with E-state index in [1.165, 1.54) is 0 Å². The molecule has 0 spiro atoms. The lowest BCUT2D eigenvalue weighted by molar-refractivity contribution is 0.0320. The first-order valence-corrected chi connectivity index (χ1v) is 7.03. The third-order valence-electron chi connectivity index (χ3n) is 3.76. The number of fused-ring (bicyclic) bond motifs is 1. The Kier molecular flexibility index (Phi) is 3.85. The number of nitrogens with zero attached hydrogens (tertiary/aromatic N) is 4. The number of ether oxygens (including phenoxy) is 1. The highest BCUT2D eigenvalue weighted by molar-refractivity contribution is 5.92. The number of carboxylic acids is 1. The standard InChI is InChI=1S/C14H18N4O3/c1-10(9-17-4-6-21-7-5-17)18-13-3-2-11(14(19)20)8-12(13)15-16-18/h2-3,8,10H,4-7,9H2,1H3,(H,19,20). The average Bonchev–Trinajstić information content (AvgIpc) is 2.91. The second-order valence-corrected chi connectivity index (χ2v) is 5.30. The van der Waals surface area contributed by atoms with Gasteiger partial charge in [-0.3, -0.25) is 4.90 Å². The molecule has 0 bridgehead atoms. The van der Waals surface area contributed by atoms with E-state index in [0.717, 1.165) is 38.4 Å². The number of morpholine rings is 1. The molecule has 3 rings (SSSR count). The third-order valence-corrected chi connectivity index (χ3v) is 3.76. The Morgan fingerprint density at radius 1 is 1.43 bits per heavy atom. The molecule has 0 saturated carbocycles. The van der Waals surface area contributed by atoms with Gasteiger partial charge in [-0.05, 0) is 25.1 Å². The van der Waals surface area contributed by atoms with Gasteiger partial charge in [0.1, 0.15) is 5.52 Å². The maximum Gasteiger partial charge on any atom is 0.335 e. The van der Waals surface area contributed by atoms with Crippen molar-refractivity contribution in [3.8, 4) is 0 Å². The zero-order valence-electron chi connectivity index (χ0n) is 11.9. The number of rotatable bonds is 4. The highest BCUT2D eigenvalue weighted by Gasteiger charge is 2.18. The maximum absolute atomic E-state index is 11.0. The van der Waals surface area contributed by atoms with Crippen LogP contribution in [0.4, 0.5) is 0 Å². The van der Waals surface area contributed by atoms with Crippen LogP contribution in [-0.4, -0.2) is 63.8 Å². The summed E-state index contributed by atoms with van der Waals surface area (Å²) in [5, 5.41) is 17.3. The van der Waals surface area contributed by atoms with Gasteiger partial charge in [0.2, 0.25) is 0 Å². The molecule has 1 fully saturated rings. The van der Waals surface area contributed by atoms with E-state index >= 15 is 0 Å². The highest BCUT2D eigenvalue weighted by Crippen LogP contribution is 2.18. The summed E-state index contributed by atoms with van der Waals surface area (Å²) in [5.74, 6) is -0.951. The fourth-order valence-corrected chi connectivity index (χ4v) is 2.64. The number of hydrogen-bond acceptors (Lipinski definition) is 5. The van der Waals surface area contributed by atoms with Crippen LogP contribution in [-0.2, 0) is 4.74 Å². The van der Waals surface area contributed by atoms with Gasteiger partial charge in [0.15, 0.2) is 0 Å². The molecule has 2 aromatic rings. The Labute approximate surface area is 122 Å². The molecule has 0 aliphatic carbocycles. The zero-order valence-corrected chi connectivity index (χ0v) is 11.9. The van der Waals surface area contributed by atoms with E-state index < -0.39 is 5.97 Å². The maximum atomic E-state index is 11.0. The molecule has 2 heterocycles. The van der Waals surface area contributed by atoms with Crippen LogP contribution >= 0.6 is 0 Å². The fourth-order valence-electron chi connectivity index (χ4n) is 2.64. The lowest BCUT2D eigenvalue weighted by atomic mass is 10.2. The lowest BCUT2D eigenvalue weighted by Gasteiger charge is -2.29. The lowest BCUT2D eigenvalue weighted by Crippen LogP contribution is -2.39. The molecular formula is C14H18N4O3. The molecule has 1 aromatic heterocycles. The van der Waals surface area contributed by atoms with Crippen molar-refractivity contribution >= 4 is 17.0 Å². The summed E-state index contributed by atoms with van der Waals surface area (Å²) in [4.78, 5) is 13.3. The number of aromatic nitrogens is 3. The molecule has 1 unspecified atom stereocenters. The largest absolute Gasteiger partial charge is 0.478 e. The molecule has 7 heteroatoms. The van der Waals surface area contributed by atoms with E-state index in [2.05, 4.69) is 22.1 Å². The van der Waals surface area contributed by atoms with Gasteiger partial charge < -0.3 is 9.84 Å². The fraction of sp³-hybridized carbons (Fsp3) is 0.500. The molecule has 21 heavy (non-hydrogen) atoms. The second kappa shape index (κ2) is 5.79. The van der Waals surface area contributed by atoms with Crippen LogP contribution in [0.3, 0.4) is 0 Å². The van der Waals surface area contributed by atoms with E-state index in [1.54, 1.807) is 18.2 Å². The van der Waals surface area contributed by atoms with Crippen LogP contribution in [0.5, 0.6) is 0 Å². The molecule has 1 N–H and O–H groups in total. The zero-order chi connectivity index (χ0) is 14.8. The van der Waals surface area contributed by atoms with Crippen LogP contribution in [0.25, 0.3) is 11.0 Å². The Balaban J connectivity index is 1.81. The summed E-state index contributed by atoms with van der Waals surface area (Å²) in [7, 11) is 0. The minimum Gasteiger partial charge on any atom is -0.478 e. The van der Waals surface area contributed by atoms with Crippen LogP contribution in [0, 0.1) is 0 Å². The Bertz CT molecular complexity index is 649. The normalized spacial score (nSPS) is 18.0. The van der Waals surface area contributed by atoms with Crippen molar-refractivity contribution < 1.29 is 14.6 Å². The smallest absolute Gasteiger partial charge is 0.335 e. The van der Waals surface area contributed by atoms with Gasteiger partial charge in [-0.15, -0.1) is 5.10 Å². The quantitative estimate of drug-likeness (QED) is 0.905. The average molecular weight is 290 g/mol. The van der Waals surface area contributed by atoms with Crippen molar-refractivity contribution in [2.45, 2.75) is 13.0 Å². The van der Waals surface area contributed by atoms with Crippen molar-refractivity contribution in [2.75, 3.05) is 32.8 Å².